The van der Waals surface area contributed by atoms with Crippen molar-refractivity contribution in [2.24, 2.45) is 0 Å². The molecule has 1 aromatic rings. The first kappa shape index (κ1) is 9.98. The SMILES string of the molecule is CCO.Cc1cccc(N)c1. The Morgan fingerprint density at radius 1 is 1.45 bits per heavy atom. The Morgan fingerprint density at radius 3 is 2.27 bits per heavy atom. The van der Waals surface area contributed by atoms with Gasteiger partial charge in [-0.15, -0.1) is 0 Å². The van der Waals surface area contributed by atoms with Gasteiger partial charge in [-0.05, 0) is 31.5 Å². The first-order valence-corrected chi connectivity index (χ1v) is 3.63. The normalized spacial score (nSPS) is 8.27. The highest BCUT2D eigenvalue weighted by Crippen LogP contribution is 2.03. The highest BCUT2D eigenvalue weighted by atomic mass is 16.2. The Hall–Kier alpha value is -1.02. The lowest BCUT2D eigenvalue weighted by Gasteiger charge is -1.91. The van der Waals surface area contributed by atoms with Crippen molar-refractivity contribution in [1.82, 2.24) is 0 Å². The number of aryl methyl sites for hydroxylation is 1. The fourth-order valence-electron chi connectivity index (χ4n) is 0.670. The standard InChI is InChI=1S/C7H9N.C2H6O/c1-6-3-2-4-7(8)5-6;1-2-3/h2-5H,8H2,1H3;3H,2H2,1H3. The molecule has 1 aromatic carbocycles. The molecule has 0 radical (unpaired) electrons. The van der Waals surface area contributed by atoms with E-state index in [1.165, 1.54) is 5.56 Å². The molecule has 0 unspecified atom stereocenters. The van der Waals surface area contributed by atoms with Gasteiger partial charge >= 0.3 is 0 Å². The summed E-state index contributed by atoms with van der Waals surface area (Å²) in [7, 11) is 0. The van der Waals surface area contributed by atoms with Crippen LogP contribution in [-0.4, -0.2) is 11.7 Å². The van der Waals surface area contributed by atoms with Gasteiger partial charge in [-0.2, -0.15) is 0 Å². The highest BCUT2D eigenvalue weighted by molar-refractivity contribution is 5.39. The Morgan fingerprint density at radius 2 is 2.00 bits per heavy atom. The second-order valence-electron chi connectivity index (χ2n) is 2.23. The molecule has 0 heterocycles. The number of nitrogens with two attached hydrogens (primary N) is 1. The topological polar surface area (TPSA) is 46.2 Å². The van der Waals surface area contributed by atoms with Crippen LogP contribution in [0.3, 0.4) is 0 Å². The third-order valence-corrected chi connectivity index (χ3v) is 1.04. The molecule has 2 heteroatoms. The molecule has 11 heavy (non-hydrogen) atoms. The van der Waals surface area contributed by atoms with Crippen LogP contribution in [0.4, 0.5) is 5.69 Å². The van der Waals surface area contributed by atoms with Crippen molar-refractivity contribution < 1.29 is 5.11 Å². The van der Waals surface area contributed by atoms with Crippen molar-refractivity contribution in [1.29, 1.82) is 0 Å². The lowest BCUT2D eigenvalue weighted by atomic mass is 10.2. The summed E-state index contributed by atoms with van der Waals surface area (Å²) in [6.07, 6.45) is 0. The number of aliphatic hydroxyl groups excluding tert-OH is 1. The quantitative estimate of drug-likeness (QED) is 0.556. The van der Waals surface area contributed by atoms with Gasteiger partial charge in [-0.1, -0.05) is 12.1 Å². The van der Waals surface area contributed by atoms with E-state index in [4.69, 9.17) is 10.8 Å². The third kappa shape index (κ3) is 5.43. The van der Waals surface area contributed by atoms with Crippen LogP contribution in [0, 0.1) is 6.92 Å². The van der Waals surface area contributed by atoms with E-state index in [1.54, 1.807) is 6.92 Å². The number of aliphatic hydroxyl groups is 1. The molecule has 0 aliphatic carbocycles. The zero-order valence-electron chi connectivity index (χ0n) is 7.04. The van der Waals surface area contributed by atoms with Gasteiger partial charge in [0.2, 0.25) is 0 Å². The van der Waals surface area contributed by atoms with Gasteiger partial charge in [0.1, 0.15) is 0 Å². The average molecular weight is 153 g/mol. The molecule has 62 valence electrons. The minimum atomic E-state index is 0.250. The highest BCUT2D eigenvalue weighted by Gasteiger charge is 1.81. The summed E-state index contributed by atoms with van der Waals surface area (Å²) >= 11 is 0. The summed E-state index contributed by atoms with van der Waals surface area (Å²) < 4.78 is 0. The fourth-order valence-corrected chi connectivity index (χ4v) is 0.670. The summed E-state index contributed by atoms with van der Waals surface area (Å²) in [5, 5.41) is 7.57. The third-order valence-electron chi connectivity index (χ3n) is 1.04. The molecule has 1 rings (SSSR count). The average Bonchev–Trinajstić information content (AvgIpc) is 1.88. The summed E-state index contributed by atoms with van der Waals surface area (Å²) in [5.74, 6) is 0. The number of hydrogen-bond acceptors (Lipinski definition) is 2. The van der Waals surface area contributed by atoms with Gasteiger partial charge in [0.15, 0.2) is 0 Å². The molecule has 0 saturated heterocycles. The zero-order chi connectivity index (χ0) is 8.69. The van der Waals surface area contributed by atoms with Crippen LogP contribution in [0.15, 0.2) is 24.3 Å². The molecule has 0 atom stereocenters. The molecule has 3 N–H and O–H groups in total. The van der Waals surface area contributed by atoms with Crippen LogP contribution in [0.2, 0.25) is 0 Å². The Bertz CT molecular complexity index is 181. The van der Waals surface area contributed by atoms with Crippen LogP contribution in [0.1, 0.15) is 12.5 Å². The lowest BCUT2D eigenvalue weighted by Crippen LogP contribution is -1.82. The van der Waals surface area contributed by atoms with Gasteiger partial charge in [0.05, 0.1) is 0 Å². The van der Waals surface area contributed by atoms with Crippen molar-refractivity contribution in [2.45, 2.75) is 13.8 Å². The van der Waals surface area contributed by atoms with E-state index in [0.29, 0.717) is 0 Å². The van der Waals surface area contributed by atoms with E-state index in [0.717, 1.165) is 5.69 Å². The lowest BCUT2D eigenvalue weighted by molar-refractivity contribution is 0.318. The van der Waals surface area contributed by atoms with E-state index in [1.807, 2.05) is 31.2 Å². The maximum atomic E-state index is 7.57. The van der Waals surface area contributed by atoms with Crippen LogP contribution < -0.4 is 5.73 Å². The van der Waals surface area contributed by atoms with Gasteiger partial charge in [-0.3, -0.25) is 0 Å². The van der Waals surface area contributed by atoms with E-state index in [-0.39, 0.29) is 6.61 Å². The van der Waals surface area contributed by atoms with Gasteiger partial charge in [-0.25, -0.2) is 0 Å². The molecule has 0 bridgehead atoms. The van der Waals surface area contributed by atoms with Crippen molar-refractivity contribution in [2.75, 3.05) is 12.3 Å². The minimum Gasteiger partial charge on any atom is -0.399 e. The summed E-state index contributed by atoms with van der Waals surface area (Å²) in [5.41, 5.74) is 7.51. The van der Waals surface area contributed by atoms with Crippen molar-refractivity contribution in [3.8, 4) is 0 Å². The molecular formula is C9H15NO. The molecule has 2 nitrogen and oxygen atoms in total. The van der Waals surface area contributed by atoms with E-state index >= 15 is 0 Å². The Kier molecular flexibility index (Phi) is 5.21. The van der Waals surface area contributed by atoms with Gasteiger partial charge < -0.3 is 10.8 Å². The second-order valence-corrected chi connectivity index (χ2v) is 2.23. The predicted octanol–water partition coefficient (Wildman–Crippen LogP) is 1.58. The Balaban J connectivity index is 0.000000292. The molecule has 0 amide bonds. The van der Waals surface area contributed by atoms with E-state index in [2.05, 4.69) is 0 Å². The van der Waals surface area contributed by atoms with E-state index < -0.39 is 0 Å². The summed E-state index contributed by atoms with van der Waals surface area (Å²) in [6.45, 7) is 3.95. The number of rotatable bonds is 0. The van der Waals surface area contributed by atoms with Crippen molar-refractivity contribution in [3.05, 3.63) is 29.8 Å². The molecule has 0 aliphatic rings. The Labute approximate surface area is 67.7 Å². The van der Waals surface area contributed by atoms with E-state index in [9.17, 15) is 0 Å². The molecule has 0 spiro atoms. The van der Waals surface area contributed by atoms with Gasteiger partial charge in [0, 0.05) is 12.3 Å². The summed E-state index contributed by atoms with van der Waals surface area (Å²) in [4.78, 5) is 0. The molecule has 0 fully saturated rings. The smallest absolute Gasteiger partial charge is 0.0402 e. The summed E-state index contributed by atoms with van der Waals surface area (Å²) in [6, 6.07) is 7.80. The second kappa shape index (κ2) is 5.74. The molecule has 0 saturated carbocycles. The minimum absolute atomic E-state index is 0.250. The maximum absolute atomic E-state index is 7.57. The van der Waals surface area contributed by atoms with Crippen LogP contribution >= 0.6 is 0 Å². The first-order valence-electron chi connectivity index (χ1n) is 3.63. The monoisotopic (exact) mass is 153 g/mol. The van der Waals surface area contributed by atoms with Crippen molar-refractivity contribution in [3.63, 3.8) is 0 Å². The number of benzene rings is 1. The predicted molar refractivity (Wildman–Crippen MR) is 48.4 cm³/mol. The zero-order valence-corrected chi connectivity index (χ0v) is 7.04. The fraction of sp³-hybridized carbons (Fsp3) is 0.333. The van der Waals surface area contributed by atoms with Crippen LogP contribution in [0.5, 0.6) is 0 Å². The molecule has 0 aliphatic heterocycles. The number of nitrogen functional groups attached to an aromatic ring is 1. The van der Waals surface area contributed by atoms with Gasteiger partial charge in [0.25, 0.3) is 0 Å². The molecule has 0 aromatic heterocycles. The van der Waals surface area contributed by atoms with Crippen LogP contribution in [0.25, 0.3) is 0 Å². The number of anilines is 1. The number of hydrogen-bond donors (Lipinski definition) is 2. The largest absolute Gasteiger partial charge is 0.399 e. The first-order chi connectivity index (χ1) is 5.20. The maximum Gasteiger partial charge on any atom is 0.0402 e. The molecular weight excluding hydrogens is 138 g/mol. The van der Waals surface area contributed by atoms with Crippen LogP contribution in [-0.2, 0) is 0 Å². The van der Waals surface area contributed by atoms with Crippen molar-refractivity contribution >= 4 is 5.69 Å².